The lowest BCUT2D eigenvalue weighted by Crippen LogP contribution is -2.48. The van der Waals surface area contributed by atoms with Crippen LogP contribution in [0.4, 0.5) is 4.79 Å². The van der Waals surface area contributed by atoms with Gasteiger partial charge in [0, 0.05) is 13.1 Å². The summed E-state index contributed by atoms with van der Waals surface area (Å²) in [7, 11) is 0. The Labute approximate surface area is 140 Å². The van der Waals surface area contributed by atoms with Crippen molar-refractivity contribution in [3.8, 4) is 0 Å². The molecule has 132 valence electrons. The first-order valence-electron chi connectivity index (χ1n) is 8.45. The molecule has 0 atom stereocenters. The molecule has 0 bridgehead atoms. The minimum atomic E-state index is -0.554. The molecule has 1 fully saturated rings. The van der Waals surface area contributed by atoms with E-state index in [1.54, 1.807) is 4.90 Å². The zero-order valence-electron chi connectivity index (χ0n) is 15.2. The average Bonchev–Trinajstić information content (AvgIpc) is 2.46. The molecule has 1 amide bonds. The van der Waals surface area contributed by atoms with Crippen LogP contribution < -0.4 is 0 Å². The van der Waals surface area contributed by atoms with E-state index < -0.39 is 11.0 Å². The van der Waals surface area contributed by atoms with Crippen molar-refractivity contribution >= 4 is 12.1 Å². The van der Waals surface area contributed by atoms with Crippen LogP contribution >= 0.6 is 0 Å². The maximum atomic E-state index is 12.5. The van der Waals surface area contributed by atoms with E-state index in [1.165, 1.54) is 0 Å². The Morgan fingerprint density at radius 3 is 2.17 bits per heavy atom. The molecule has 1 aliphatic rings. The van der Waals surface area contributed by atoms with Crippen LogP contribution in [-0.2, 0) is 14.3 Å². The molecule has 0 aromatic heterocycles. The van der Waals surface area contributed by atoms with Crippen LogP contribution in [0.2, 0.25) is 0 Å². The molecule has 0 aromatic rings. The molecule has 0 N–H and O–H groups in total. The maximum Gasteiger partial charge on any atom is 0.410 e. The van der Waals surface area contributed by atoms with Gasteiger partial charge in [0.05, 0.1) is 12.0 Å². The monoisotopic (exact) mass is 325 g/mol. The van der Waals surface area contributed by atoms with Crippen LogP contribution in [0.1, 0.15) is 60.3 Å². The Balaban J connectivity index is 2.77. The Kier molecular flexibility index (Phi) is 6.66. The number of carbonyl (C=O) groups excluding carboxylic acids is 2. The van der Waals surface area contributed by atoms with Gasteiger partial charge < -0.3 is 14.4 Å². The predicted octanol–water partition coefficient (Wildman–Crippen LogP) is 3.92. The highest BCUT2D eigenvalue weighted by Gasteiger charge is 2.44. The SMILES string of the molecule is C=C(CC)CC1(C(=O)OCC)CCN(C(=O)OC(C)(C)C)CC1. The number of piperidine rings is 1. The number of rotatable bonds is 5. The van der Waals surface area contributed by atoms with Gasteiger partial charge in [-0.25, -0.2) is 4.79 Å². The summed E-state index contributed by atoms with van der Waals surface area (Å²) in [5, 5.41) is 0. The zero-order valence-corrected chi connectivity index (χ0v) is 15.2. The number of amides is 1. The van der Waals surface area contributed by atoms with Gasteiger partial charge in [-0.2, -0.15) is 0 Å². The minimum Gasteiger partial charge on any atom is -0.466 e. The van der Waals surface area contributed by atoms with Crippen LogP contribution in [0.3, 0.4) is 0 Å². The lowest BCUT2D eigenvalue weighted by atomic mass is 9.73. The van der Waals surface area contributed by atoms with Gasteiger partial charge in [-0.1, -0.05) is 19.1 Å². The fraction of sp³-hybridized carbons (Fsp3) is 0.778. The molecule has 0 aromatic carbocycles. The normalized spacial score (nSPS) is 17.5. The van der Waals surface area contributed by atoms with Gasteiger partial charge in [0.25, 0.3) is 0 Å². The summed E-state index contributed by atoms with van der Waals surface area (Å²) < 4.78 is 10.7. The highest BCUT2D eigenvalue weighted by molar-refractivity contribution is 5.78. The largest absolute Gasteiger partial charge is 0.466 e. The molecule has 0 unspecified atom stereocenters. The standard InChI is InChI=1S/C18H31NO4/c1-7-14(3)13-18(15(20)22-8-2)9-11-19(12-10-18)16(21)23-17(4,5)6/h3,7-13H2,1-2,4-6H3. The summed E-state index contributed by atoms with van der Waals surface area (Å²) in [5.41, 5.74) is -0.0195. The van der Waals surface area contributed by atoms with E-state index in [2.05, 4.69) is 6.58 Å². The van der Waals surface area contributed by atoms with E-state index in [9.17, 15) is 9.59 Å². The van der Waals surface area contributed by atoms with E-state index in [0.29, 0.717) is 39.0 Å². The van der Waals surface area contributed by atoms with Crippen LogP contribution in [0.25, 0.3) is 0 Å². The van der Waals surface area contributed by atoms with Crippen molar-refractivity contribution in [1.82, 2.24) is 4.90 Å². The number of carbonyl (C=O) groups is 2. The van der Waals surface area contributed by atoms with E-state index in [1.807, 2.05) is 34.6 Å². The average molecular weight is 325 g/mol. The van der Waals surface area contributed by atoms with Crippen LogP contribution in [0, 0.1) is 5.41 Å². The number of hydrogen-bond donors (Lipinski definition) is 0. The number of esters is 1. The molecule has 5 nitrogen and oxygen atoms in total. The van der Waals surface area contributed by atoms with Gasteiger partial charge in [0.2, 0.25) is 0 Å². The molecule has 1 rings (SSSR count). The van der Waals surface area contributed by atoms with Crippen LogP contribution in [0.15, 0.2) is 12.2 Å². The van der Waals surface area contributed by atoms with Crippen molar-refractivity contribution < 1.29 is 19.1 Å². The summed E-state index contributed by atoms with van der Waals surface area (Å²) in [4.78, 5) is 26.3. The minimum absolute atomic E-state index is 0.168. The van der Waals surface area contributed by atoms with Gasteiger partial charge in [0.15, 0.2) is 0 Å². The molecule has 0 aliphatic carbocycles. The molecule has 1 heterocycles. The van der Waals surface area contributed by atoms with Gasteiger partial charge in [-0.05, 0) is 53.4 Å². The van der Waals surface area contributed by atoms with Gasteiger partial charge >= 0.3 is 12.1 Å². The molecular formula is C18H31NO4. The van der Waals surface area contributed by atoms with Crippen molar-refractivity contribution in [2.45, 2.75) is 65.9 Å². The Hall–Kier alpha value is -1.52. The highest BCUT2D eigenvalue weighted by atomic mass is 16.6. The van der Waals surface area contributed by atoms with Crippen LogP contribution in [0.5, 0.6) is 0 Å². The van der Waals surface area contributed by atoms with Gasteiger partial charge in [0.1, 0.15) is 5.60 Å². The number of nitrogens with zero attached hydrogens (tertiary/aromatic N) is 1. The van der Waals surface area contributed by atoms with Crippen molar-refractivity contribution in [3.63, 3.8) is 0 Å². The Morgan fingerprint density at radius 2 is 1.74 bits per heavy atom. The van der Waals surface area contributed by atoms with E-state index >= 15 is 0 Å². The molecule has 23 heavy (non-hydrogen) atoms. The second-order valence-electron chi connectivity index (χ2n) is 7.25. The third kappa shape index (κ3) is 5.56. The highest BCUT2D eigenvalue weighted by Crippen LogP contribution is 2.39. The Morgan fingerprint density at radius 1 is 1.17 bits per heavy atom. The number of hydrogen-bond acceptors (Lipinski definition) is 4. The molecule has 0 saturated carbocycles. The summed E-state index contributed by atoms with van der Waals surface area (Å²) in [6.07, 6.45) is 2.33. The summed E-state index contributed by atoms with van der Waals surface area (Å²) in [6, 6.07) is 0. The first-order chi connectivity index (χ1) is 10.6. The maximum absolute atomic E-state index is 12.5. The lowest BCUT2D eigenvalue weighted by molar-refractivity contribution is -0.158. The van der Waals surface area contributed by atoms with Crippen molar-refractivity contribution in [2.75, 3.05) is 19.7 Å². The summed E-state index contributed by atoms with van der Waals surface area (Å²) in [5.74, 6) is -0.168. The number of likely N-dealkylation sites (tertiary alicyclic amines) is 1. The second-order valence-corrected chi connectivity index (χ2v) is 7.25. The van der Waals surface area contributed by atoms with E-state index in [0.717, 1.165) is 12.0 Å². The van der Waals surface area contributed by atoms with Gasteiger partial charge in [-0.15, -0.1) is 0 Å². The summed E-state index contributed by atoms with van der Waals surface area (Å²) >= 11 is 0. The first kappa shape index (κ1) is 19.5. The molecule has 0 radical (unpaired) electrons. The molecular weight excluding hydrogens is 294 g/mol. The van der Waals surface area contributed by atoms with Crippen molar-refractivity contribution in [2.24, 2.45) is 5.41 Å². The third-order valence-electron chi connectivity index (χ3n) is 4.17. The predicted molar refractivity (Wildman–Crippen MR) is 90.2 cm³/mol. The zero-order chi connectivity index (χ0) is 17.7. The second kappa shape index (κ2) is 7.84. The molecule has 1 saturated heterocycles. The smallest absolute Gasteiger partial charge is 0.410 e. The van der Waals surface area contributed by atoms with E-state index in [-0.39, 0.29) is 12.1 Å². The first-order valence-corrected chi connectivity index (χ1v) is 8.45. The topological polar surface area (TPSA) is 55.8 Å². The van der Waals surface area contributed by atoms with Gasteiger partial charge in [-0.3, -0.25) is 4.79 Å². The quantitative estimate of drug-likeness (QED) is 0.568. The summed E-state index contributed by atoms with van der Waals surface area (Å²) in [6.45, 7) is 14.8. The fourth-order valence-corrected chi connectivity index (χ4v) is 2.78. The fourth-order valence-electron chi connectivity index (χ4n) is 2.78. The number of allylic oxidation sites excluding steroid dienone is 1. The number of ether oxygens (including phenoxy) is 2. The Bertz CT molecular complexity index is 442. The van der Waals surface area contributed by atoms with E-state index in [4.69, 9.17) is 9.47 Å². The lowest BCUT2D eigenvalue weighted by Gasteiger charge is -2.40. The molecule has 1 aliphatic heterocycles. The molecule has 5 heteroatoms. The van der Waals surface area contributed by atoms with Crippen LogP contribution in [-0.4, -0.2) is 42.3 Å². The molecule has 0 spiro atoms. The van der Waals surface area contributed by atoms with Crippen molar-refractivity contribution in [1.29, 1.82) is 0 Å². The van der Waals surface area contributed by atoms with Crippen molar-refractivity contribution in [3.05, 3.63) is 12.2 Å². The third-order valence-corrected chi connectivity index (χ3v) is 4.17.